The maximum Gasteiger partial charge on any atom is 0.411 e. The van der Waals surface area contributed by atoms with Crippen LogP contribution in [0.1, 0.15) is 31.9 Å². The molecule has 2 amide bonds. The highest BCUT2D eigenvalue weighted by Gasteiger charge is 2.24. The van der Waals surface area contributed by atoms with Gasteiger partial charge in [-0.15, -0.1) is 0 Å². The van der Waals surface area contributed by atoms with E-state index in [0.717, 1.165) is 22.3 Å². The molecule has 0 aliphatic heterocycles. The second kappa shape index (κ2) is 11.9. The van der Waals surface area contributed by atoms with Crippen LogP contribution in [0, 0.1) is 0 Å². The number of ether oxygens (including phenoxy) is 2. The third-order valence-electron chi connectivity index (χ3n) is 5.06. The summed E-state index contributed by atoms with van der Waals surface area (Å²) in [7, 11) is 0. The van der Waals surface area contributed by atoms with Crippen LogP contribution in [-0.4, -0.2) is 34.9 Å². The Morgan fingerprint density at radius 1 is 0.806 bits per heavy atom. The minimum Gasteiger partial charge on any atom is -0.480 e. The van der Waals surface area contributed by atoms with Crippen molar-refractivity contribution in [3.63, 3.8) is 0 Å². The van der Waals surface area contributed by atoms with E-state index in [1.165, 1.54) is 0 Å². The van der Waals surface area contributed by atoms with Crippen LogP contribution in [0.15, 0.2) is 78.9 Å². The third kappa shape index (κ3) is 8.47. The van der Waals surface area contributed by atoms with Gasteiger partial charge in [-0.05, 0) is 55.2 Å². The summed E-state index contributed by atoms with van der Waals surface area (Å²) >= 11 is 0. The van der Waals surface area contributed by atoms with E-state index in [9.17, 15) is 19.5 Å². The smallest absolute Gasteiger partial charge is 0.411 e. The number of hydrogen-bond acceptors (Lipinski definition) is 5. The second-order valence-electron chi connectivity index (χ2n) is 9.20. The molecule has 3 rings (SSSR count). The Bertz CT molecular complexity index is 1170. The Kier molecular flexibility index (Phi) is 8.67. The number of carboxylic acid groups (broad SMARTS) is 1. The maximum absolute atomic E-state index is 12.0. The highest BCUT2D eigenvalue weighted by Crippen LogP contribution is 2.22. The molecule has 0 saturated carbocycles. The third-order valence-corrected chi connectivity index (χ3v) is 5.06. The van der Waals surface area contributed by atoms with Crippen LogP contribution in [0.25, 0.3) is 11.1 Å². The van der Waals surface area contributed by atoms with E-state index in [4.69, 9.17) is 9.47 Å². The first-order valence-electron chi connectivity index (χ1n) is 11.5. The molecule has 0 heterocycles. The van der Waals surface area contributed by atoms with Crippen LogP contribution >= 0.6 is 0 Å². The Morgan fingerprint density at radius 2 is 1.39 bits per heavy atom. The summed E-state index contributed by atoms with van der Waals surface area (Å²) in [6, 6.07) is 23.0. The van der Waals surface area contributed by atoms with Gasteiger partial charge >= 0.3 is 18.2 Å². The molecule has 1 atom stereocenters. The SMILES string of the molecule is CC(C)(C)OC(=O)N[C@@H](Cc1ccc(-c2ccc(NC(=O)OCc3ccccc3)cc2)cc1)C(=O)O. The van der Waals surface area contributed by atoms with Gasteiger partial charge in [0, 0.05) is 12.1 Å². The Labute approximate surface area is 210 Å². The van der Waals surface area contributed by atoms with Gasteiger partial charge in [-0.2, -0.15) is 0 Å². The number of carbonyl (C=O) groups is 3. The standard InChI is InChI=1S/C28H30N2O6/c1-28(2,3)36-27(34)30-24(25(31)32)17-19-9-11-21(12-10-19)22-13-15-23(16-14-22)29-26(33)35-18-20-7-5-4-6-8-20/h4-16,24H,17-18H2,1-3H3,(H,29,33)(H,30,34)(H,31,32)/t24-/m0/s1. The van der Waals surface area contributed by atoms with Gasteiger partial charge in [0.05, 0.1) is 0 Å². The molecule has 3 aromatic carbocycles. The van der Waals surface area contributed by atoms with Crippen molar-refractivity contribution >= 4 is 23.8 Å². The normalized spacial score (nSPS) is 11.8. The van der Waals surface area contributed by atoms with Crippen molar-refractivity contribution in [3.05, 3.63) is 90.0 Å². The van der Waals surface area contributed by atoms with Crippen LogP contribution in [0.2, 0.25) is 0 Å². The summed E-state index contributed by atoms with van der Waals surface area (Å²) in [5.41, 5.74) is 3.38. The molecule has 36 heavy (non-hydrogen) atoms. The van der Waals surface area contributed by atoms with Crippen molar-refractivity contribution in [1.82, 2.24) is 5.32 Å². The average molecular weight is 491 g/mol. The van der Waals surface area contributed by atoms with Gasteiger partial charge in [0.25, 0.3) is 0 Å². The van der Waals surface area contributed by atoms with E-state index in [-0.39, 0.29) is 13.0 Å². The molecule has 0 saturated heterocycles. The molecule has 0 bridgehead atoms. The van der Waals surface area contributed by atoms with Crippen LogP contribution < -0.4 is 10.6 Å². The molecule has 0 aromatic heterocycles. The van der Waals surface area contributed by atoms with E-state index >= 15 is 0 Å². The predicted octanol–water partition coefficient (Wildman–Crippen LogP) is 5.62. The first kappa shape index (κ1) is 26.3. The van der Waals surface area contributed by atoms with Gasteiger partial charge in [-0.25, -0.2) is 14.4 Å². The molecule has 0 radical (unpaired) electrons. The zero-order chi connectivity index (χ0) is 26.1. The number of benzene rings is 3. The number of amides is 2. The largest absolute Gasteiger partial charge is 0.480 e. The molecular formula is C28H30N2O6. The van der Waals surface area contributed by atoms with E-state index < -0.39 is 29.8 Å². The maximum atomic E-state index is 12.0. The summed E-state index contributed by atoms with van der Waals surface area (Å²) in [6.07, 6.45) is -1.20. The van der Waals surface area contributed by atoms with Gasteiger partial charge in [0.1, 0.15) is 18.2 Å². The van der Waals surface area contributed by atoms with E-state index in [0.29, 0.717) is 5.69 Å². The first-order valence-corrected chi connectivity index (χ1v) is 11.5. The van der Waals surface area contributed by atoms with Crippen molar-refractivity contribution in [2.45, 2.75) is 45.4 Å². The van der Waals surface area contributed by atoms with Crippen molar-refractivity contribution < 1.29 is 29.0 Å². The van der Waals surface area contributed by atoms with E-state index in [1.54, 1.807) is 32.9 Å². The quantitative estimate of drug-likeness (QED) is 0.377. The van der Waals surface area contributed by atoms with Crippen molar-refractivity contribution in [2.75, 3.05) is 5.32 Å². The van der Waals surface area contributed by atoms with Gasteiger partial charge in [-0.1, -0.05) is 66.7 Å². The second-order valence-corrected chi connectivity index (χ2v) is 9.20. The lowest BCUT2D eigenvalue weighted by Gasteiger charge is -2.22. The number of carbonyl (C=O) groups excluding carboxylic acids is 2. The molecule has 8 heteroatoms. The van der Waals surface area contributed by atoms with Crippen LogP contribution in [0.3, 0.4) is 0 Å². The zero-order valence-electron chi connectivity index (χ0n) is 20.5. The van der Waals surface area contributed by atoms with Crippen molar-refractivity contribution in [3.8, 4) is 11.1 Å². The molecule has 0 unspecified atom stereocenters. The number of carboxylic acids is 1. The number of alkyl carbamates (subject to hydrolysis) is 1. The van der Waals surface area contributed by atoms with E-state index in [1.807, 2.05) is 66.7 Å². The predicted molar refractivity (Wildman–Crippen MR) is 137 cm³/mol. The van der Waals surface area contributed by atoms with Gasteiger partial charge < -0.3 is 19.9 Å². The lowest BCUT2D eigenvalue weighted by Crippen LogP contribution is -2.44. The molecule has 0 aliphatic rings. The molecule has 0 spiro atoms. The first-order chi connectivity index (χ1) is 17.1. The minimum absolute atomic E-state index is 0.114. The summed E-state index contributed by atoms with van der Waals surface area (Å²) < 4.78 is 10.4. The summed E-state index contributed by atoms with van der Waals surface area (Å²) in [4.78, 5) is 35.6. The molecule has 3 N–H and O–H groups in total. The Morgan fingerprint density at radius 3 is 1.94 bits per heavy atom. The van der Waals surface area contributed by atoms with Gasteiger partial charge in [-0.3, -0.25) is 5.32 Å². The highest BCUT2D eigenvalue weighted by atomic mass is 16.6. The zero-order valence-corrected chi connectivity index (χ0v) is 20.5. The molecular weight excluding hydrogens is 460 g/mol. The van der Waals surface area contributed by atoms with Gasteiger partial charge in [0.15, 0.2) is 0 Å². The Balaban J connectivity index is 1.55. The molecule has 0 aliphatic carbocycles. The molecule has 188 valence electrons. The lowest BCUT2D eigenvalue weighted by atomic mass is 10.0. The number of nitrogens with one attached hydrogen (secondary N) is 2. The number of aliphatic carboxylic acids is 1. The van der Waals surface area contributed by atoms with Crippen molar-refractivity contribution in [2.24, 2.45) is 0 Å². The topological polar surface area (TPSA) is 114 Å². The molecule has 8 nitrogen and oxygen atoms in total. The summed E-state index contributed by atoms with van der Waals surface area (Å²) in [5.74, 6) is -1.14. The fourth-order valence-corrected chi connectivity index (χ4v) is 3.34. The van der Waals surface area contributed by atoms with Crippen LogP contribution in [0.4, 0.5) is 15.3 Å². The highest BCUT2D eigenvalue weighted by molar-refractivity contribution is 5.85. The summed E-state index contributed by atoms with van der Waals surface area (Å²) in [5, 5.41) is 14.6. The Hall–Kier alpha value is -4.33. The monoisotopic (exact) mass is 490 g/mol. The number of anilines is 1. The average Bonchev–Trinajstić information content (AvgIpc) is 2.83. The molecule has 0 fully saturated rings. The van der Waals surface area contributed by atoms with Crippen LogP contribution in [-0.2, 0) is 27.3 Å². The van der Waals surface area contributed by atoms with Crippen LogP contribution in [0.5, 0.6) is 0 Å². The van der Waals surface area contributed by atoms with E-state index in [2.05, 4.69) is 10.6 Å². The van der Waals surface area contributed by atoms with Gasteiger partial charge in [0.2, 0.25) is 0 Å². The van der Waals surface area contributed by atoms with Crippen molar-refractivity contribution in [1.29, 1.82) is 0 Å². The fourth-order valence-electron chi connectivity index (χ4n) is 3.34. The fraction of sp³-hybridized carbons (Fsp3) is 0.250. The summed E-state index contributed by atoms with van der Waals surface area (Å²) in [6.45, 7) is 5.32. The minimum atomic E-state index is -1.14. The number of hydrogen-bond donors (Lipinski definition) is 3. The lowest BCUT2D eigenvalue weighted by molar-refractivity contribution is -0.139. The molecule has 3 aromatic rings. The number of rotatable bonds is 8.